The van der Waals surface area contributed by atoms with Crippen LogP contribution in [0.15, 0.2) is 29.2 Å². The van der Waals surface area contributed by atoms with Gasteiger partial charge in [-0.3, -0.25) is 0 Å². The molecule has 0 aliphatic carbocycles. The fourth-order valence-corrected chi connectivity index (χ4v) is 1.99. The maximum Gasteiger partial charge on any atom is 0.170 e. The molecule has 1 aromatic carbocycles. The van der Waals surface area contributed by atoms with E-state index in [1.165, 1.54) is 0 Å². The van der Waals surface area contributed by atoms with E-state index in [4.69, 9.17) is 0 Å². The van der Waals surface area contributed by atoms with Gasteiger partial charge in [0.1, 0.15) is 0 Å². The highest BCUT2D eigenvalue weighted by molar-refractivity contribution is 7.72. The molecule has 0 aromatic heterocycles. The van der Waals surface area contributed by atoms with Gasteiger partial charge in [-0.2, -0.15) is 0 Å². The minimum Gasteiger partial charge on any atom is -0.380 e. The molecule has 2 rings (SSSR count). The van der Waals surface area contributed by atoms with Crippen LogP contribution in [0.5, 0.6) is 0 Å². The highest BCUT2D eigenvalue weighted by Crippen LogP contribution is 2.25. The minimum atomic E-state index is -2.51. The monoisotopic (exact) mass is 195 g/mol. The molecule has 0 fully saturated rings. The average molecular weight is 195 g/mol. The predicted molar refractivity (Wildman–Crippen MR) is 52.5 cm³/mol. The standard InChI is InChI=1S/C9H9NO2S/c11-13(12)8-5-1-3-7-4-2-6-10-9(7)8/h1-5,10,13H,6H2. The minimum absolute atomic E-state index is 0.372. The molecule has 1 N–H and O–H groups in total. The lowest BCUT2D eigenvalue weighted by Crippen LogP contribution is -2.06. The van der Waals surface area contributed by atoms with E-state index in [9.17, 15) is 8.42 Å². The van der Waals surface area contributed by atoms with E-state index in [1.54, 1.807) is 12.1 Å². The van der Waals surface area contributed by atoms with E-state index in [1.807, 2.05) is 18.2 Å². The Labute approximate surface area is 78.0 Å². The first-order chi connectivity index (χ1) is 6.29. The summed E-state index contributed by atoms with van der Waals surface area (Å²) in [5, 5.41) is 3.04. The van der Waals surface area contributed by atoms with Crippen molar-refractivity contribution in [2.24, 2.45) is 0 Å². The van der Waals surface area contributed by atoms with Gasteiger partial charge in [-0.15, -0.1) is 0 Å². The molecule has 0 saturated carbocycles. The van der Waals surface area contributed by atoms with Gasteiger partial charge in [0, 0.05) is 6.54 Å². The molecule has 68 valence electrons. The van der Waals surface area contributed by atoms with Crippen molar-refractivity contribution in [3.63, 3.8) is 0 Å². The van der Waals surface area contributed by atoms with Crippen molar-refractivity contribution in [1.29, 1.82) is 0 Å². The number of fused-ring (bicyclic) bond motifs is 1. The van der Waals surface area contributed by atoms with Crippen molar-refractivity contribution >= 4 is 22.5 Å². The molecular formula is C9H9NO2S. The molecular weight excluding hydrogens is 186 g/mol. The first-order valence-corrected chi connectivity index (χ1v) is 5.14. The molecule has 0 saturated heterocycles. The normalized spacial score (nSPS) is 13.9. The third-order valence-electron chi connectivity index (χ3n) is 1.97. The van der Waals surface area contributed by atoms with E-state index in [0.717, 1.165) is 11.3 Å². The van der Waals surface area contributed by atoms with Gasteiger partial charge in [-0.05, 0) is 11.6 Å². The van der Waals surface area contributed by atoms with Crippen LogP contribution in [0.3, 0.4) is 0 Å². The van der Waals surface area contributed by atoms with Gasteiger partial charge >= 0.3 is 0 Å². The maximum absolute atomic E-state index is 10.8. The number of benzene rings is 1. The number of hydrogen-bond acceptors (Lipinski definition) is 3. The molecule has 1 aliphatic rings. The van der Waals surface area contributed by atoms with Crippen molar-refractivity contribution in [1.82, 2.24) is 0 Å². The highest BCUT2D eigenvalue weighted by atomic mass is 32.2. The highest BCUT2D eigenvalue weighted by Gasteiger charge is 2.09. The molecule has 1 heterocycles. The molecule has 0 atom stereocenters. The summed E-state index contributed by atoms with van der Waals surface area (Å²) in [6.07, 6.45) is 3.89. The van der Waals surface area contributed by atoms with Crippen molar-refractivity contribution in [2.45, 2.75) is 4.90 Å². The van der Waals surface area contributed by atoms with Crippen LogP contribution in [0.1, 0.15) is 5.56 Å². The lowest BCUT2D eigenvalue weighted by molar-refractivity contribution is 0.615. The van der Waals surface area contributed by atoms with Gasteiger partial charge in [-0.1, -0.05) is 24.3 Å². The summed E-state index contributed by atoms with van der Waals surface area (Å²) in [6, 6.07) is 5.24. The fraction of sp³-hybridized carbons (Fsp3) is 0.111. The van der Waals surface area contributed by atoms with Crippen LogP contribution < -0.4 is 5.32 Å². The lowest BCUT2D eigenvalue weighted by atomic mass is 10.1. The smallest absolute Gasteiger partial charge is 0.170 e. The van der Waals surface area contributed by atoms with Crippen LogP contribution in [0.4, 0.5) is 5.69 Å². The Hall–Kier alpha value is -1.29. The second-order valence-electron chi connectivity index (χ2n) is 2.78. The molecule has 0 radical (unpaired) electrons. The molecule has 0 bridgehead atoms. The first kappa shape index (κ1) is 8.31. The third-order valence-corrected chi connectivity index (χ3v) is 2.73. The molecule has 1 aromatic rings. The number of para-hydroxylation sites is 1. The van der Waals surface area contributed by atoms with Crippen molar-refractivity contribution in [3.05, 3.63) is 29.8 Å². The number of hydrogen-bond donors (Lipinski definition) is 2. The second kappa shape index (κ2) is 3.22. The zero-order valence-electron chi connectivity index (χ0n) is 6.86. The van der Waals surface area contributed by atoms with Crippen LogP contribution in [-0.2, 0) is 10.7 Å². The molecule has 0 amide bonds. The zero-order valence-corrected chi connectivity index (χ0v) is 7.75. The topological polar surface area (TPSA) is 46.2 Å². The lowest BCUT2D eigenvalue weighted by Gasteiger charge is -2.13. The van der Waals surface area contributed by atoms with Gasteiger partial charge in [-0.25, -0.2) is 8.42 Å². The number of anilines is 1. The molecule has 0 spiro atoms. The number of nitrogens with one attached hydrogen (secondary N) is 1. The Morgan fingerprint density at radius 1 is 1.31 bits per heavy atom. The molecule has 1 aliphatic heterocycles. The second-order valence-corrected chi connectivity index (χ2v) is 3.78. The van der Waals surface area contributed by atoms with E-state index >= 15 is 0 Å². The van der Waals surface area contributed by atoms with Gasteiger partial charge in [0.2, 0.25) is 0 Å². The Morgan fingerprint density at radius 2 is 2.15 bits per heavy atom. The van der Waals surface area contributed by atoms with Gasteiger partial charge < -0.3 is 5.32 Å². The van der Waals surface area contributed by atoms with E-state index in [-0.39, 0.29) is 0 Å². The zero-order chi connectivity index (χ0) is 9.26. The summed E-state index contributed by atoms with van der Waals surface area (Å²) < 4.78 is 21.7. The fourth-order valence-electron chi connectivity index (χ4n) is 1.39. The number of thiol groups is 1. The van der Waals surface area contributed by atoms with Crippen LogP contribution in [0.25, 0.3) is 6.08 Å². The maximum atomic E-state index is 10.8. The number of rotatable bonds is 1. The summed E-state index contributed by atoms with van der Waals surface area (Å²) >= 11 is 0. The Morgan fingerprint density at radius 3 is 2.92 bits per heavy atom. The molecule has 13 heavy (non-hydrogen) atoms. The van der Waals surface area contributed by atoms with E-state index in [0.29, 0.717) is 11.4 Å². The quantitative estimate of drug-likeness (QED) is 0.659. The summed E-state index contributed by atoms with van der Waals surface area (Å²) in [4.78, 5) is 0.372. The third kappa shape index (κ3) is 1.45. The van der Waals surface area contributed by atoms with Crippen molar-refractivity contribution in [2.75, 3.05) is 11.9 Å². The van der Waals surface area contributed by atoms with Crippen molar-refractivity contribution < 1.29 is 8.42 Å². The summed E-state index contributed by atoms with van der Waals surface area (Å²) in [5.41, 5.74) is 1.66. The summed E-state index contributed by atoms with van der Waals surface area (Å²) in [6.45, 7) is 0.688. The molecule has 4 heteroatoms. The Bertz CT molecular complexity index is 427. The SMILES string of the molecule is O=[SH](=O)c1cccc2c1NCC=C2. The Kier molecular flexibility index (Phi) is 2.06. The van der Waals surface area contributed by atoms with Crippen LogP contribution in [-0.4, -0.2) is 15.0 Å². The predicted octanol–water partition coefficient (Wildman–Crippen LogP) is 1.10. The van der Waals surface area contributed by atoms with Gasteiger partial charge in [0.15, 0.2) is 10.7 Å². The van der Waals surface area contributed by atoms with E-state index < -0.39 is 10.7 Å². The first-order valence-electron chi connectivity index (χ1n) is 3.97. The van der Waals surface area contributed by atoms with Crippen LogP contribution >= 0.6 is 0 Å². The van der Waals surface area contributed by atoms with Crippen LogP contribution in [0, 0.1) is 0 Å². The largest absolute Gasteiger partial charge is 0.380 e. The van der Waals surface area contributed by atoms with Gasteiger partial charge in [0.05, 0.1) is 10.6 Å². The van der Waals surface area contributed by atoms with E-state index in [2.05, 4.69) is 5.32 Å². The average Bonchev–Trinajstić information content (AvgIpc) is 2.17. The molecule has 3 nitrogen and oxygen atoms in total. The van der Waals surface area contributed by atoms with Crippen LogP contribution in [0.2, 0.25) is 0 Å². The summed E-state index contributed by atoms with van der Waals surface area (Å²) in [5.74, 6) is 0. The van der Waals surface area contributed by atoms with Crippen molar-refractivity contribution in [3.8, 4) is 0 Å². The molecule has 0 unspecified atom stereocenters. The Balaban J connectivity index is 2.66. The summed E-state index contributed by atoms with van der Waals surface area (Å²) in [7, 11) is -2.51. The van der Waals surface area contributed by atoms with Gasteiger partial charge in [0.25, 0.3) is 0 Å².